The third kappa shape index (κ3) is 2.91. The van der Waals surface area contributed by atoms with Gasteiger partial charge in [0.15, 0.2) is 0 Å². The number of hydrogen-bond acceptors (Lipinski definition) is 3. The zero-order valence-electron chi connectivity index (χ0n) is 10.9. The molecule has 3 heteroatoms. The molecule has 0 spiro atoms. The first kappa shape index (κ1) is 12.2. The molecule has 1 heterocycles. The molecule has 0 aliphatic carbocycles. The summed E-state index contributed by atoms with van der Waals surface area (Å²) >= 11 is 0. The molecular weight excluding hydrogens is 212 g/mol. The van der Waals surface area contributed by atoms with Crippen LogP contribution < -0.4 is 15.4 Å². The summed E-state index contributed by atoms with van der Waals surface area (Å²) in [6, 6.07) is 6.85. The van der Waals surface area contributed by atoms with Crippen LogP contribution in [0.4, 0.5) is 5.69 Å². The van der Waals surface area contributed by atoms with E-state index in [1.807, 2.05) is 0 Å². The standard InChI is InChI=1S/C14H22N2O/c1-10-4-5-13(14(8-10)17-3)16-12-6-7-15-9-11(12)2/h4-5,8,11-12,15-16H,6-7,9H2,1-3H3/t11-,12?/m0/s1. The molecule has 1 aromatic carbocycles. The lowest BCUT2D eigenvalue weighted by molar-refractivity contribution is 0.365. The minimum atomic E-state index is 0.535. The lowest BCUT2D eigenvalue weighted by Gasteiger charge is -2.31. The fourth-order valence-electron chi connectivity index (χ4n) is 2.35. The second-order valence-electron chi connectivity index (χ2n) is 4.92. The first-order chi connectivity index (χ1) is 8.20. The van der Waals surface area contributed by atoms with Gasteiger partial charge in [-0.3, -0.25) is 0 Å². The number of rotatable bonds is 3. The van der Waals surface area contributed by atoms with Crippen LogP contribution in [0, 0.1) is 12.8 Å². The zero-order valence-corrected chi connectivity index (χ0v) is 10.9. The van der Waals surface area contributed by atoms with Gasteiger partial charge >= 0.3 is 0 Å². The van der Waals surface area contributed by atoms with Crippen LogP contribution in [0.3, 0.4) is 0 Å². The molecular formula is C14H22N2O. The van der Waals surface area contributed by atoms with E-state index < -0.39 is 0 Å². The number of anilines is 1. The van der Waals surface area contributed by atoms with E-state index in [1.165, 1.54) is 5.56 Å². The Morgan fingerprint density at radius 2 is 2.24 bits per heavy atom. The van der Waals surface area contributed by atoms with Crippen LogP contribution in [0.2, 0.25) is 0 Å². The summed E-state index contributed by atoms with van der Waals surface area (Å²) in [5.41, 5.74) is 2.34. The molecule has 2 N–H and O–H groups in total. The Kier molecular flexibility index (Phi) is 3.89. The molecule has 0 amide bonds. The van der Waals surface area contributed by atoms with Gasteiger partial charge in [-0.15, -0.1) is 0 Å². The predicted molar refractivity (Wildman–Crippen MR) is 71.8 cm³/mol. The molecule has 1 aliphatic heterocycles. The predicted octanol–water partition coefficient (Wildman–Crippen LogP) is 2.41. The van der Waals surface area contributed by atoms with Crippen LogP contribution >= 0.6 is 0 Å². The van der Waals surface area contributed by atoms with Gasteiger partial charge in [0.05, 0.1) is 12.8 Å². The van der Waals surface area contributed by atoms with Crippen molar-refractivity contribution in [3.05, 3.63) is 23.8 Å². The highest BCUT2D eigenvalue weighted by Gasteiger charge is 2.21. The van der Waals surface area contributed by atoms with Crippen molar-refractivity contribution in [3.63, 3.8) is 0 Å². The molecule has 3 nitrogen and oxygen atoms in total. The van der Waals surface area contributed by atoms with Gasteiger partial charge in [-0.2, -0.15) is 0 Å². The smallest absolute Gasteiger partial charge is 0.142 e. The molecule has 94 valence electrons. The van der Waals surface area contributed by atoms with Crippen molar-refractivity contribution in [2.24, 2.45) is 5.92 Å². The van der Waals surface area contributed by atoms with Crippen molar-refractivity contribution in [3.8, 4) is 5.75 Å². The monoisotopic (exact) mass is 234 g/mol. The van der Waals surface area contributed by atoms with Gasteiger partial charge in [0.2, 0.25) is 0 Å². The highest BCUT2D eigenvalue weighted by atomic mass is 16.5. The second kappa shape index (κ2) is 5.41. The van der Waals surface area contributed by atoms with Crippen LogP contribution in [0.25, 0.3) is 0 Å². The lowest BCUT2D eigenvalue weighted by Crippen LogP contribution is -2.42. The van der Waals surface area contributed by atoms with Crippen molar-refractivity contribution in [2.75, 3.05) is 25.5 Å². The molecule has 0 bridgehead atoms. The molecule has 2 atom stereocenters. The first-order valence-electron chi connectivity index (χ1n) is 6.32. The number of nitrogens with one attached hydrogen (secondary N) is 2. The summed E-state index contributed by atoms with van der Waals surface area (Å²) in [5, 5.41) is 7.03. The largest absolute Gasteiger partial charge is 0.495 e. The summed E-state index contributed by atoms with van der Waals surface area (Å²) in [5.74, 6) is 1.59. The van der Waals surface area contributed by atoms with Crippen molar-refractivity contribution in [2.45, 2.75) is 26.3 Å². The van der Waals surface area contributed by atoms with E-state index in [1.54, 1.807) is 7.11 Å². The van der Waals surface area contributed by atoms with Gasteiger partial charge in [-0.05, 0) is 50.0 Å². The van der Waals surface area contributed by atoms with Gasteiger partial charge in [0.1, 0.15) is 5.75 Å². The summed E-state index contributed by atoms with van der Waals surface area (Å²) in [6.45, 7) is 6.55. The fraction of sp³-hybridized carbons (Fsp3) is 0.571. The molecule has 1 aromatic rings. The number of aryl methyl sites for hydroxylation is 1. The van der Waals surface area contributed by atoms with Crippen LogP contribution in [-0.4, -0.2) is 26.2 Å². The van der Waals surface area contributed by atoms with E-state index in [-0.39, 0.29) is 0 Å². The fourth-order valence-corrected chi connectivity index (χ4v) is 2.35. The summed E-state index contributed by atoms with van der Waals surface area (Å²) < 4.78 is 5.42. The molecule has 0 saturated carbocycles. The second-order valence-corrected chi connectivity index (χ2v) is 4.92. The lowest BCUT2D eigenvalue weighted by atomic mass is 9.95. The van der Waals surface area contributed by atoms with Crippen LogP contribution in [0.15, 0.2) is 18.2 Å². The first-order valence-corrected chi connectivity index (χ1v) is 6.32. The van der Waals surface area contributed by atoms with E-state index >= 15 is 0 Å². The highest BCUT2D eigenvalue weighted by molar-refractivity contribution is 5.58. The van der Waals surface area contributed by atoms with Crippen molar-refractivity contribution in [1.29, 1.82) is 0 Å². The number of methoxy groups -OCH3 is 1. The van der Waals surface area contributed by atoms with Gasteiger partial charge in [-0.1, -0.05) is 13.0 Å². The van der Waals surface area contributed by atoms with E-state index in [0.29, 0.717) is 12.0 Å². The SMILES string of the molecule is COc1cc(C)ccc1NC1CCNC[C@@H]1C. The molecule has 1 saturated heterocycles. The summed E-state index contributed by atoms with van der Waals surface area (Å²) in [7, 11) is 1.73. The number of piperidine rings is 1. The maximum Gasteiger partial charge on any atom is 0.142 e. The van der Waals surface area contributed by atoms with E-state index in [2.05, 4.69) is 42.7 Å². The van der Waals surface area contributed by atoms with Gasteiger partial charge in [-0.25, -0.2) is 0 Å². The molecule has 2 rings (SSSR count). The van der Waals surface area contributed by atoms with Crippen LogP contribution in [0.5, 0.6) is 5.75 Å². The van der Waals surface area contributed by atoms with Gasteiger partial charge in [0.25, 0.3) is 0 Å². The van der Waals surface area contributed by atoms with E-state index in [9.17, 15) is 0 Å². The van der Waals surface area contributed by atoms with Crippen LogP contribution in [-0.2, 0) is 0 Å². The van der Waals surface area contributed by atoms with E-state index in [4.69, 9.17) is 4.74 Å². The Balaban J connectivity index is 2.11. The Bertz CT molecular complexity index is 378. The molecule has 0 radical (unpaired) electrons. The minimum absolute atomic E-state index is 0.535. The molecule has 17 heavy (non-hydrogen) atoms. The Labute approximate surface area is 104 Å². The Morgan fingerprint density at radius 3 is 2.94 bits per heavy atom. The molecule has 1 aliphatic rings. The number of hydrogen-bond donors (Lipinski definition) is 2. The zero-order chi connectivity index (χ0) is 12.3. The van der Waals surface area contributed by atoms with Crippen molar-refractivity contribution in [1.82, 2.24) is 5.32 Å². The maximum atomic E-state index is 5.42. The van der Waals surface area contributed by atoms with Gasteiger partial charge in [0, 0.05) is 6.04 Å². The van der Waals surface area contributed by atoms with Crippen molar-refractivity contribution >= 4 is 5.69 Å². The Hall–Kier alpha value is -1.22. The third-order valence-electron chi connectivity index (χ3n) is 3.48. The number of benzene rings is 1. The Morgan fingerprint density at radius 1 is 1.41 bits per heavy atom. The normalized spacial score (nSPS) is 24.4. The molecule has 1 fully saturated rings. The summed E-state index contributed by atoms with van der Waals surface area (Å²) in [4.78, 5) is 0. The molecule has 0 aromatic heterocycles. The average Bonchev–Trinajstić information content (AvgIpc) is 2.34. The topological polar surface area (TPSA) is 33.3 Å². The number of ether oxygens (including phenoxy) is 1. The maximum absolute atomic E-state index is 5.42. The quantitative estimate of drug-likeness (QED) is 0.842. The van der Waals surface area contributed by atoms with Crippen molar-refractivity contribution < 1.29 is 4.74 Å². The summed E-state index contributed by atoms with van der Waals surface area (Å²) in [6.07, 6.45) is 1.16. The minimum Gasteiger partial charge on any atom is -0.495 e. The van der Waals surface area contributed by atoms with Gasteiger partial charge < -0.3 is 15.4 Å². The highest BCUT2D eigenvalue weighted by Crippen LogP contribution is 2.28. The molecule has 1 unspecified atom stereocenters. The average molecular weight is 234 g/mol. The van der Waals surface area contributed by atoms with E-state index in [0.717, 1.165) is 30.9 Å². The van der Waals surface area contributed by atoms with Crippen LogP contribution in [0.1, 0.15) is 18.9 Å². The third-order valence-corrected chi connectivity index (χ3v) is 3.48.